The first kappa shape index (κ1) is 17.7. The summed E-state index contributed by atoms with van der Waals surface area (Å²) in [5, 5.41) is 17.5. The van der Waals surface area contributed by atoms with Crippen LogP contribution in [0.3, 0.4) is 0 Å². The third-order valence-electron chi connectivity index (χ3n) is 3.65. The van der Waals surface area contributed by atoms with Crippen molar-refractivity contribution in [1.29, 1.82) is 10.5 Å². The molecule has 1 aliphatic heterocycles. The van der Waals surface area contributed by atoms with Crippen molar-refractivity contribution in [1.82, 2.24) is 9.80 Å². The molecule has 7 heteroatoms. The summed E-state index contributed by atoms with van der Waals surface area (Å²) < 4.78 is 5.31. The fourth-order valence-corrected chi connectivity index (χ4v) is 2.59. The largest absolute Gasteiger partial charge is 0.379 e. The summed E-state index contributed by atoms with van der Waals surface area (Å²) in [5.74, 6) is -0.157. The number of amides is 1. The van der Waals surface area contributed by atoms with Crippen LogP contribution >= 0.6 is 11.6 Å². The number of carbonyl (C=O) groups is 1. The van der Waals surface area contributed by atoms with Gasteiger partial charge >= 0.3 is 0 Å². The summed E-state index contributed by atoms with van der Waals surface area (Å²) in [4.78, 5) is 16.3. The average molecular weight is 313 g/mol. The van der Waals surface area contributed by atoms with E-state index in [-0.39, 0.29) is 25.3 Å². The molecule has 0 aliphatic carbocycles. The molecule has 116 valence electrons. The van der Waals surface area contributed by atoms with E-state index in [0.717, 1.165) is 0 Å². The molecule has 0 N–H and O–H groups in total. The van der Waals surface area contributed by atoms with Crippen LogP contribution in [0.1, 0.15) is 26.7 Å². The molecule has 6 nitrogen and oxygen atoms in total. The van der Waals surface area contributed by atoms with Crippen molar-refractivity contribution in [3.8, 4) is 12.1 Å². The Balaban J connectivity index is 2.86. The minimum absolute atomic E-state index is 0.0396. The van der Waals surface area contributed by atoms with Crippen LogP contribution in [0.5, 0.6) is 0 Å². The Morgan fingerprint density at radius 3 is 2.52 bits per heavy atom. The summed E-state index contributed by atoms with van der Waals surface area (Å²) in [5.41, 5.74) is -1.45. The van der Waals surface area contributed by atoms with Crippen molar-refractivity contribution in [2.45, 2.75) is 37.7 Å². The van der Waals surface area contributed by atoms with E-state index in [0.29, 0.717) is 26.3 Å². The Bertz CT molecular complexity index is 435. The van der Waals surface area contributed by atoms with Crippen molar-refractivity contribution in [2.75, 3.05) is 32.8 Å². The highest BCUT2D eigenvalue weighted by atomic mass is 35.5. The Kier molecular flexibility index (Phi) is 6.91. The van der Waals surface area contributed by atoms with Crippen LogP contribution in [-0.4, -0.2) is 59.6 Å². The molecule has 0 saturated carbocycles. The van der Waals surface area contributed by atoms with Crippen LogP contribution in [0.15, 0.2) is 0 Å². The molecule has 1 atom stereocenters. The van der Waals surface area contributed by atoms with Gasteiger partial charge in [0, 0.05) is 19.6 Å². The molecule has 0 aromatic rings. The van der Waals surface area contributed by atoms with Gasteiger partial charge in [0.2, 0.25) is 5.91 Å². The Hall–Kier alpha value is -1.34. The predicted octanol–water partition coefficient (Wildman–Crippen LogP) is 1.32. The van der Waals surface area contributed by atoms with Crippen LogP contribution in [0.4, 0.5) is 0 Å². The van der Waals surface area contributed by atoms with Gasteiger partial charge in [-0.15, -0.1) is 0 Å². The topological polar surface area (TPSA) is 80.4 Å². The summed E-state index contributed by atoms with van der Waals surface area (Å²) in [6.07, 6.45) is 0.234. The van der Waals surface area contributed by atoms with Gasteiger partial charge in [0.1, 0.15) is 5.50 Å². The Morgan fingerprint density at radius 2 is 2.00 bits per heavy atom. The van der Waals surface area contributed by atoms with Crippen LogP contribution in [0, 0.1) is 22.7 Å². The van der Waals surface area contributed by atoms with E-state index in [4.69, 9.17) is 26.9 Å². The van der Waals surface area contributed by atoms with Crippen molar-refractivity contribution in [3.05, 3.63) is 0 Å². The highest BCUT2D eigenvalue weighted by Crippen LogP contribution is 2.22. The number of ether oxygens (including phenoxy) is 1. The molecule has 0 aromatic heterocycles. The van der Waals surface area contributed by atoms with Crippen molar-refractivity contribution < 1.29 is 9.53 Å². The van der Waals surface area contributed by atoms with Gasteiger partial charge in [-0.05, 0) is 13.8 Å². The second kappa shape index (κ2) is 8.19. The SMILES string of the molecule is CC(C)(C(=O)N(CCC#N)C(Cl)CC#N)N1CCOCC1. The Morgan fingerprint density at radius 1 is 1.38 bits per heavy atom. The summed E-state index contributed by atoms with van der Waals surface area (Å²) in [7, 11) is 0. The molecular formula is C14H21ClN4O2. The maximum Gasteiger partial charge on any atom is 0.243 e. The molecule has 1 fully saturated rings. The zero-order valence-corrected chi connectivity index (χ0v) is 13.3. The first-order chi connectivity index (χ1) is 9.95. The van der Waals surface area contributed by atoms with Crippen LogP contribution in [0.2, 0.25) is 0 Å². The van der Waals surface area contributed by atoms with Gasteiger partial charge in [0.05, 0.1) is 43.7 Å². The zero-order valence-electron chi connectivity index (χ0n) is 12.5. The quantitative estimate of drug-likeness (QED) is 0.546. The summed E-state index contributed by atoms with van der Waals surface area (Å²) >= 11 is 6.15. The van der Waals surface area contributed by atoms with E-state index in [1.54, 1.807) is 0 Å². The maximum atomic E-state index is 12.8. The van der Waals surface area contributed by atoms with E-state index in [1.807, 2.05) is 30.9 Å². The molecular weight excluding hydrogens is 292 g/mol. The first-order valence-electron chi connectivity index (χ1n) is 6.97. The predicted molar refractivity (Wildman–Crippen MR) is 78.3 cm³/mol. The maximum absolute atomic E-state index is 12.8. The van der Waals surface area contributed by atoms with E-state index in [2.05, 4.69) is 0 Å². The highest BCUT2D eigenvalue weighted by Gasteiger charge is 2.40. The number of carbonyl (C=O) groups excluding carboxylic acids is 1. The molecule has 0 radical (unpaired) electrons. The van der Waals surface area contributed by atoms with Crippen molar-refractivity contribution in [3.63, 3.8) is 0 Å². The second-order valence-corrected chi connectivity index (χ2v) is 5.87. The smallest absolute Gasteiger partial charge is 0.243 e. The fourth-order valence-electron chi connectivity index (χ4n) is 2.33. The van der Waals surface area contributed by atoms with Gasteiger partial charge in [0.15, 0.2) is 0 Å². The highest BCUT2D eigenvalue weighted by molar-refractivity contribution is 6.21. The first-order valence-corrected chi connectivity index (χ1v) is 7.40. The monoisotopic (exact) mass is 312 g/mol. The van der Waals surface area contributed by atoms with E-state index >= 15 is 0 Å². The fraction of sp³-hybridized carbons (Fsp3) is 0.786. The third-order valence-corrected chi connectivity index (χ3v) is 4.04. The third kappa shape index (κ3) is 4.57. The van der Waals surface area contributed by atoms with Crippen LogP contribution in [-0.2, 0) is 9.53 Å². The molecule has 1 amide bonds. The molecule has 1 heterocycles. The van der Waals surface area contributed by atoms with Gasteiger partial charge in [0.25, 0.3) is 0 Å². The number of rotatable bonds is 6. The van der Waals surface area contributed by atoms with Gasteiger partial charge in [-0.25, -0.2) is 0 Å². The van der Waals surface area contributed by atoms with Gasteiger partial charge in [-0.3, -0.25) is 9.69 Å². The number of morpholine rings is 1. The lowest BCUT2D eigenvalue weighted by Crippen LogP contribution is -2.60. The molecule has 1 aliphatic rings. The van der Waals surface area contributed by atoms with E-state index < -0.39 is 11.0 Å². The lowest BCUT2D eigenvalue weighted by Gasteiger charge is -2.42. The number of halogens is 1. The lowest BCUT2D eigenvalue weighted by molar-refractivity contribution is -0.146. The van der Waals surface area contributed by atoms with Crippen molar-refractivity contribution in [2.24, 2.45) is 0 Å². The lowest BCUT2D eigenvalue weighted by atomic mass is 9.99. The van der Waals surface area contributed by atoms with Crippen LogP contribution in [0.25, 0.3) is 0 Å². The van der Waals surface area contributed by atoms with E-state index in [1.165, 1.54) is 4.90 Å². The second-order valence-electron chi connectivity index (χ2n) is 5.36. The number of nitrogens with zero attached hydrogens (tertiary/aromatic N) is 4. The summed E-state index contributed by atoms with van der Waals surface area (Å²) in [6.45, 7) is 6.46. The zero-order chi connectivity index (χ0) is 15.9. The minimum atomic E-state index is -0.734. The molecule has 0 aromatic carbocycles. The number of hydrogen-bond donors (Lipinski definition) is 0. The van der Waals surface area contributed by atoms with E-state index in [9.17, 15) is 4.79 Å². The molecule has 0 spiro atoms. The van der Waals surface area contributed by atoms with Gasteiger partial charge in [-0.2, -0.15) is 10.5 Å². The minimum Gasteiger partial charge on any atom is -0.379 e. The number of nitriles is 2. The molecule has 1 unspecified atom stereocenters. The summed E-state index contributed by atoms with van der Waals surface area (Å²) in [6, 6.07) is 3.98. The number of hydrogen-bond acceptors (Lipinski definition) is 5. The molecule has 1 saturated heterocycles. The average Bonchev–Trinajstić information content (AvgIpc) is 2.48. The van der Waals surface area contributed by atoms with Crippen molar-refractivity contribution >= 4 is 17.5 Å². The number of alkyl halides is 1. The molecule has 0 bridgehead atoms. The molecule has 1 rings (SSSR count). The van der Waals surface area contributed by atoms with Gasteiger partial charge in [-0.1, -0.05) is 11.6 Å². The normalized spacial score (nSPS) is 17.6. The standard InChI is InChI=1S/C14H21ClN4O2/c1-14(2,18-8-10-21-11-9-18)13(20)19(7-3-5-16)12(15)4-6-17/h12H,3-4,7-11H2,1-2H3. The Labute approximate surface area is 130 Å². The van der Waals surface area contributed by atoms with Gasteiger partial charge < -0.3 is 9.64 Å². The van der Waals surface area contributed by atoms with Crippen LogP contribution < -0.4 is 0 Å². The molecule has 21 heavy (non-hydrogen) atoms.